The molecule has 0 atom stereocenters. The molecule has 1 aromatic rings. The number of hydrogen-bond acceptors (Lipinski definition) is 5. The zero-order valence-corrected chi connectivity index (χ0v) is 10.8. The van der Waals surface area contributed by atoms with E-state index < -0.39 is 10.0 Å². The monoisotopic (exact) mass is 280 g/mol. The molecule has 1 amide bonds. The van der Waals surface area contributed by atoms with Crippen LogP contribution >= 0.6 is 0 Å². The lowest BCUT2D eigenvalue weighted by atomic mass is 10.4. The number of aromatic nitrogens is 1. The van der Waals surface area contributed by atoms with Crippen LogP contribution in [0.1, 0.15) is 18.5 Å². The molecule has 1 saturated carbocycles. The van der Waals surface area contributed by atoms with Gasteiger partial charge in [0, 0.05) is 12.2 Å². The predicted molar refractivity (Wildman–Crippen MR) is 65.3 cm³/mol. The largest absolute Gasteiger partial charge is 0.352 e. The minimum atomic E-state index is -3.78. The van der Waals surface area contributed by atoms with Gasteiger partial charge in [-0.3, -0.25) is 4.79 Å². The number of rotatable bonds is 5. The van der Waals surface area contributed by atoms with Crippen LogP contribution in [0.3, 0.4) is 0 Å². The van der Waals surface area contributed by atoms with Crippen molar-refractivity contribution in [1.82, 2.24) is 15.0 Å². The van der Waals surface area contributed by atoms with Gasteiger partial charge in [0.1, 0.15) is 16.7 Å². The zero-order valence-electron chi connectivity index (χ0n) is 9.96. The zero-order chi connectivity index (χ0) is 13.9. The van der Waals surface area contributed by atoms with Crippen molar-refractivity contribution in [2.75, 3.05) is 6.54 Å². The SMILES string of the molecule is N#Cc1ccc(S(=O)(=O)NCC(=O)NC2CC2)cn1. The molecule has 0 bridgehead atoms. The van der Waals surface area contributed by atoms with Gasteiger partial charge in [0.25, 0.3) is 0 Å². The van der Waals surface area contributed by atoms with Crippen LogP contribution in [-0.4, -0.2) is 31.9 Å². The smallest absolute Gasteiger partial charge is 0.242 e. The average molecular weight is 280 g/mol. The number of pyridine rings is 1. The van der Waals surface area contributed by atoms with Gasteiger partial charge in [-0.25, -0.2) is 18.1 Å². The molecule has 1 aliphatic rings. The highest BCUT2D eigenvalue weighted by Crippen LogP contribution is 2.18. The second kappa shape index (κ2) is 5.34. The van der Waals surface area contributed by atoms with Crippen molar-refractivity contribution in [3.05, 3.63) is 24.0 Å². The van der Waals surface area contributed by atoms with Crippen LogP contribution in [0, 0.1) is 11.3 Å². The van der Waals surface area contributed by atoms with E-state index >= 15 is 0 Å². The first-order valence-electron chi connectivity index (χ1n) is 5.66. The summed E-state index contributed by atoms with van der Waals surface area (Å²) in [6.45, 7) is -0.307. The van der Waals surface area contributed by atoms with E-state index in [4.69, 9.17) is 5.26 Å². The Bertz CT molecular complexity index is 614. The van der Waals surface area contributed by atoms with E-state index in [0.717, 1.165) is 19.0 Å². The maximum Gasteiger partial charge on any atom is 0.242 e. The van der Waals surface area contributed by atoms with Crippen molar-refractivity contribution in [2.24, 2.45) is 0 Å². The Morgan fingerprint density at radius 1 is 1.47 bits per heavy atom. The molecule has 2 rings (SSSR count). The molecular weight excluding hydrogens is 268 g/mol. The highest BCUT2D eigenvalue weighted by molar-refractivity contribution is 7.89. The van der Waals surface area contributed by atoms with Crippen LogP contribution in [0.5, 0.6) is 0 Å². The summed E-state index contributed by atoms with van der Waals surface area (Å²) in [6.07, 6.45) is 2.97. The summed E-state index contributed by atoms with van der Waals surface area (Å²) in [5.41, 5.74) is 0.130. The summed E-state index contributed by atoms with van der Waals surface area (Å²) in [7, 11) is -3.78. The van der Waals surface area contributed by atoms with Gasteiger partial charge in [-0.2, -0.15) is 5.26 Å². The maximum atomic E-state index is 11.8. The van der Waals surface area contributed by atoms with E-state index in [1.54, 1.807) is 6.07 Å². The number of hydrogen-bond donors (Lipinski definition) is 2. The second-order valence-electron chi connectivity index (χ2n) is 4.16. The fraction of sp³-hybridized carbons (Fsp3) is 0.364. The van der Waals surface area contributed by atoms with Crippen molar-refractivity contribution in [3.8, 4) is 6.07 Å². The molecule has 8 heteroatoms. The first kappa shape index (κ1) is 13.5. The van der Waals surface area contributed by atoms with Crippen LogP contribution in [0.2, 0.25) is 0 Å². The fourth-order valence-corrected chi connectivity index (χ4v) is 2.28. The van der Waals surface area contributed by atoms with Crippen LogP contribution in [0.25, 0.3) is 0 Å². The molecule has 1 heterocycles. The third-order valence-corrected chi connectivity index (χ3v) is 3.91. The highest BCUT2D eigenvalue weighted by atomic mass is 32.2. The molecule has 1 aromatic heterocycles. The van der Waals surface area contributed by atoms with Crippen molar-refractivity contribution in [3.63, 3.8) is 0 Å². The lowest BCUT2D eigenvalue weighted by molar-refractivity contribution is -0.120. The Balaban J connectivity index is 1.96. The Kier molecular flexibility index (Phi) is 3.78. The van der Waals surface area contributed by atoms with E-state index in [0.29, 0.717) is 0 Å². The van der Waals surface area contributed by atoms with Crippen LogP contribution in [-0.2, 0) is 14.8 Å². The van der Waals surface area contributed by atoms with Crippen LogP contribution in [0.4, 0.5) is 0 Å². The molecule has 0 aliphatic heterocycles. The van der Waals surface area contributed by atoms with Gasteiger partial charge in [-0.05, 0) is 25.0 Å². The minimum absolute atomic E-state index is 0.0780. The number of nitrogens with one attached hydrogen (secondary N) is 2. The van der Waals surface area contributed by atoms with E-state index in [1.165, 1.54) is 12.1 Å². The quantitative estimate of drug-likeness (QED) is 0.756. The molecule has 0 unspecified atom stereocenters. The summed E-state index contributed by atoms with van der Waals surface area (Å²) in [5, 5.41) is 11.2. The summed E-state index contributed by atoms with van der Waals surface area (Å²) in [5.74, 6) is -0.354. The Morgan fingerprint density at radius 2 is 2.21 bits per heavy atom. The maximum absolute atomic E-state index is 11.8. The summed E-state index contributed by atoms with van der Waals surface area (Å²) in [4.78, 5) is 15.0. The van der Waals surface area contributed by atoms with Crippen LogP contribution in [0.15, 0.2) is 23.2 Å². The molecule has 19 heavy (non-hydrogen) atoms. The number of sulfonamides is 1. The van der Waals surface area contributed by atoms with Gasteiger partial charge in [-0.15, -0.1) is 0 Å². The van der Waals surface area contributed by atoms with E-state index in [9.17, 15) is 13.2 Å². The van der Waals surface area contributed by atoms with Gasteiger partial charge in [0.15, 0.2) is 0 Å². The Morgan fingerprint density at radius 3 is 2.74 bits per heavy atom. The number of amides is 1. The van der Waals surface area contributed by atoms with Crippen molar-refractivity contribution >= 4 is 15.9 Å². The van der Waals surface area contributed by atoms with Gasteiger partial charge in [-0.1, -0.05) is 0 Å². The molecule has 100 valence electrons. The van der Waals surface area contributed by atoms with Crippen molar-refractivity contribution in [2.45, 2.75) is 23.8 Å². The van der Waals surface area contributed by atoms with Crippen molar-refractivity contribution in [1.29, 1.82) is 5.26 Å². The van der Waals surface area contributed by atoms with Gasteiger partial charge >= 0.3 is 0 Å². The Labute approximate surface area is 110 Å². The van der Waals surface area contributed by atoms with Gasteiger partial charge in [0.05, 0.1) is 6.54 Å². The Hall–Kier alpha value is -1.98. The summed E-state index contributed by atoms with van der Waals surface area (Å²) in [6, 6.07) is 4.56. The molecule has 0 spiro atoms. The molecular formula is C11H12N4O3S. The second-order valence-corrected chi connectivity index (χ2v) is 5.92. The average Bonchev–Trinajstić information content (AvgIpc) is 3.20. The van der Waals surface area contributed by atoms with Crippen LogP contribution < -0.4 is 10.0 Å². The summed E-state index contributed by atoms with van der Waals surface area (Å²) >= 11 is 0. The van der Waals surface area contributed by atoms with E-state index in [1.807, 2.05) is 0 Å². The number of carbonyl (C=O) groups is 1. The number of nitrogens with zero attached hydrogens (tertiary/aromatic N) is 2. The first-order chi connectivity index (χ1) is 9.01. The third-order valence-electron chi connectivity index (χ3n) is 2.53. The minimum Gasteiger partial charge on any atom is -0.352 e. The lowest BCUT2D eigenvalue weighted by Gasteiger charge is -2.06. The lowest BCUT2D eigenvalue weighted by Crippen LogP contribution is -2.37. The molecule has 0 aromatic carbocycles. The number of carbonyl (C=O) groups excluding carboxylic acids is 1. The molecule has 7 nitrogen and oxygen atoms in total. The molecule has 0 radical (unpaired) electrons. The predicted octanol–water partition coefficient (Wildman–Crippen LogP) is -0.490. The van der Waals surface area contributed by atoms with E-state index in [2.05, 4.69) is 15.0 Å². The highest BCUT2D eigenvalue weighted by Gasteiger charge is 2.24. The molecule has 2 N–H and O–H groups in total. The third kappa shape index (κ3) is 3.74. The normalized spacial score (nSPS) is 14.7. The summed E-state index contributed by atoms with van der Waals surface area (Å²) < 4.78 is 25.8. The standard InChI is InChI=1S/C11H12N4O3S/c12-5-9-3-4-10(6-13-9)19(17,18)14-7-11(16)15-8-1-2-8/h3-4,6,8,14H,1-2,7H2,(H,15,16). The number of nitriles is 1. The van der Waals surface area contributed by atoms with Gasteiger partial charge < -0.3 is 5.32 Å². The van der Waals surface area contributed by atoms with E-state index in [-0.39, 0.29) is 29.1 Å². The van der Waals surface area contributed by atoms with Gasteiger partial charge in [0.2, 0.25) is 15.9 Å². The molecule has 1 fully saturated rings. The topological polar surface area (TPSA) is 112 Å². The van der Waals surface area contributed by atoms with Crippen molar-refractivity contribution < 1.29 is 13.2 Å². The molecule has 0 saturated heterocycles. The fourth-order valence-electron chi connectivity index (χ4n) is 1.36. The first-order valence-corrected chi connectivity index (χ1v) is 7.15. The molecule has 1 aliphatic carbocycles.